The molecule has 0 spiro atoms. The zero-order valence-corrected chi connectivity index (χ0v) is 5.75. The maximum absolute atomic E-state index is 11.0. The fourth-order valence-electron chi connectivity index (χ4n) is 0.786. The molecule has 0 radical (unpaired) electrons. The summed E-state index contributed by atoms with van der Waals surface area (Å²) in [6, 6.07) is 0. The Balaban J connectivity index is 3.01. The highest BCUT2D eigenvalue weighted by molar-refractivity contribution is 5.70. The number of rotatable bonds is 0. The third-order valence-corrected chi connectivity index (χ3v) is 1.31. The molecule has 0 saturated carbocycles. The molecule has 2 aromatic heterocycles. The second-order valence-electron chi connectivity index (χ2n) is 2.04. The van der Waals surface area contributed by atoms with E-state index in [0.29, 0.717) is 0 Å². The van der Waals surface area contributed by atoms with Crippen molar-refractivity contribution in [2.75, 3.05) is 0 Å². The van der Waals surface area contributed by atoms with Gasteiger partial charge in [0.1, 0.15) is 11.8 Å². The molecule has 0 aliphatic rings. The Morgan fingerprint density at radius 2 is 2.33 bits per heavy atom. The summed E-state index contributed by atoms with van der Waals surface area (Å²) in [5.41, 5.74) is -0.405. The van der Waals surface area contributed by atoms with E-state index in [1.54, 1.807) is 0 Å². The average Bonchev–Trinajstić information content (AvgIpc) is 2.12. The van der Waals surface area contributed by atoms with Crippen LogP contribution in [0.5, 0.6) is 0 Å². The molecule has 1 N–H and O–H groups in total. The van der Waals surface area contributed by atoms with E-state index < -0.39 is 5.56 Å². The first kappa shape index (κ1) is 6.65. The van der Waals surface area contributed by atoms with Crippen LogP contribution in [0.2, 0.25) is 0 Å². The van der Waals surface area contributed by atoms with Crippen molar-refractivity contribution in [2.24, 2.45) is 0 Å². The molecule has 2 aromatic rings. The molecule has 0 unspecified atom stereocenters. The molecule has 0 atom stereocenters. The van der Waals surface area contributed by atoms with Crippen molar-refractivity contribution in [2.45, 2.75) is 0 Å². The van der Waals surface area contributed by atoms with Gasteiger partial charge in [-0.2, -0.15) is 0 Å². The first-order valence-electron chi connectivity index (χ1n) is 3.04. The van der Waals surface area contributed by atoms with Gasteiger partial charge in [0, 0.05) is 0 Å². The Morgan fingerprint density at radius 1 is 1.50 bits per heavy atom. The van der Waals surface area contributed by atoms with Crippen LogP contribution in [-0.2, 0) is 0 Å². The van der Waals surface area contributed by atoms with Crippen LogP contribution in [0.3, 0.4) is 0 Å². The number of nitrogens with zero attached hydrogens (tertiary/aromatic N) is 5. The van der Waals surface area contributed by atoms with E-state index in [1.165, 1.54) is 12.5 Å². The largest absolute Gasteiger partial charge is 0.407 e. The van der Waals surface area contributed by atoms with Crippen molar-refractivity contribution >= 4 is 11.0 Å². The van der Waals surface area contributed by atoms with Crippen LogP contribution >= 0.6 is 0 Å². The molecule has 60 valence electrons. The van der Waals surface area contributed by atoms with E-state index in [9.17, 15) is 4.79 Å². The molecule has 7 nitrogen and oxygen atoms in total. The van der Waals surface area contributed by atoms with Crippen molar-refractivity contribution < 1.29 is 5.21 Å². The summed E-state index contributed by atoms with van der Waals surface area (Å²) in [6.45, 7) is 0. The molecule has 0 aliphatic heterocycles. The standard InChI is InChI=1S/C5H3N5O2/c11-5-4-3(1-6-2-7-4)8-9-10(5)12/h1-2,12H. The van der Waals surface area contributed by atoms with Gasteiger partial charge in [-0.25, -0.2) is 9.97 Å². The molecule has 7 heteroatoms. The van der Waals surface area contributed by atoms with Crippen molar-refractivity contribution in [3.63, 3.8) is 0 Å². The molecule has 2 heterocycles. The molecule has 0 saturated heterocycles. The predicted octanol–water partition coefficient (Wildman–Crippen LogP) is -1.18. The third kappa shape index (κ3) is 0.797. The maximum Gasteiger partial charge on any atom is 0.332 e. The molecule has 0 fully saturated rings. The van der Waals surface area contributed by atoms with Crippen LogP contribution in [-0.4, -0.2) is 30.3 Å². The van der Waals surface area contributed by atoms with E-state index in [4.69, 9.17) is 5.21 Å². The predicted molar refractivity (Wildman–Crippen MR) is 36.6 cm³/mol. The molecular weight excluding hydrogens is 162 g/mol. The van der Waals surface area contributed by atoms with Gasteiger partial charge in [0.15, 0.2) is 5.52 Å². The summed E-state index contributed by atoms with van der Waals surface area (Å²) in [4.78, 5) is 18.5. The molecule has 0 bridgehead atoms. The average molecular weight is 165 g/mol. The van der Waals surface area contributed by atoms with Gasteiger partial charge in [-0.3, -0.25) is 4.79 Å². The highest BCUT2D eigenvalue weighted by atomic mass is 16.5. The topological polar surface area (TPSA) is 93.8 Å². The van der Waals surface area contributed by atoms with E-state index in [1.807, 2.05) is 0 Å². The molecular formula is C5H3N5O2. The molecule has 0 aromatic carbocycles. The van der Waals surface area contributed by atoms with Gasteiger partial charge < -0.3 is 5.21 Å². The SMILES string of the molecule is O=c1c2ncncc2nnn1O. The normalized spacial score (nSPS) is 10.3. The van der Waals surface area contributed by atoms with Crippen LogP contribution in [0.15, 0.2) is 17.3 Å². The molecule has 12 heavy (non-hydrogen) atoms. The Labute approximate surface area is 65.3 Å². The second kappa shape index (κ2) is 2.22. The third-order valence-electron chi connectivity index (χ3n) is 1.31. The number of hydrogen-bond acceptors (Lipinski definition) is 6. The van der Waals surface area contributed by atoms with Crippen LogP contribution in [0, 0.1) is 0 Å². The van der Waals surface area contributed by atoms with Crippen molar-refractivity contribution in [3.8, 4) is 0 Å². The first-order valence-corrected chi connectivity index (χ1v) is 3.04. The zero-order chi connectivity index (χ0) is 8.55. The first-order chi connectivity index (χ1) is 5.79. The lowest BCUT2D eigenvalue weighted by Gasteiger charge is -1.93. The molecule has 0 amide bonds. The highest BCUT2D eigenvalue weighted by Crippen LogP contribution is 1.95. The fourth-order valence-corrected chi connectivity index (χ4v) is 0.786. The maximum atomic E-state index is 11.0. The van der Waals surface area contributed by atoms with Gasteiger partial charge in [-0.15, -0.1) is 5.10 Å². The van der Waals surface area contributed by atoms with E-state index in [-0.39, 0.29) is 15.9 Å². The number of fused-ring (bicyclic) bond motifs is 1. The smallest absolute Gasteiger partial charge is 0.332 e. The van der Waals surface area contributed by atoms with Gasteiger partial charge in [-0.05, 0) is 10.1 Å². The lowest BCUT2D eigenvalue weighted by Crippen LogP contribution is -2.22. The summed E-state index contributed by atoms with van der Waals surface area (Å²) < 4.78 is 0. The Kier molecular flexibility index (Phi) is 1.23. The fraction of sp³-hybridized carbons (Fsp3) is 0. The Morgan fingerprint density at radius 3 is 3.17 bits per heavy atom. The lowest BCUT2D eigenvalue weighted by atomic mass is 10.4. The van der Waals surface area contributed by atoms with Crippen LogP contribution in [0.1, 0.15) is 0 Å². The van der Waals surface area contributed by atoms with Gasteiger partial charge in [-0.1, -0.05) is 0 Å². The van der Waals surface area contributed by atoms with Gasteiger partial charge in [0.25, 0.3) is 0 Å². The summed E-state index contributed by atoms with van der Waals surface area (Å²) in [5, 5.41) is 15.4. The Hall–Kier alpha value is -2.05. The number of hydrogen-bond donors (Lipinski definition) is 1. The lowest BCUT2D eigenvalue weighted by molar-refractivity contribution is 0.127. The monoisotopic (exact) mass is 165 g/mol. The van der Waals surface area contributed by atoms with E-state index >= 15 is 0 Å². The second-order valence-corrected chi connectivity index (χ2v) is 2.04. The van der Waals surface area contributed by atoms with Crippen LogP contribution < -0.4 is 5.56 Å². The van der Waals surface area contributed by atoms with Gasteiger partial charge >= 0.3 is 5.56 Å². The highest BCUT2D eigenvalue weighted by Gasteiger charge is 2.03. The summed E-state index contributed by atoms with van der Waals surface area (Å²) in [5.74, 6) is 0. The van der Waals surface area contributed by atoms with E-state index in [2.05, 4.69) is 20.3 Å². The summed E-state index contributed by atoms with van der Waals surface area (Å²) in [6.07, 6.45) is 2.54. The quantitative estimate of drug-likeness (QED) is 0.494. The van der Waals surface area contributed by atoms with Gasteiger partial charge in [0.2, 0.25) is 0 Å². The zero-order valence-electron chi connectivity index (χ0n) is 5.75. The number of aromatic nitrogens is 5. The summed E-state index contributed by atoms with van der Waals surface area (Å²) >= 11 is 0. The minimum atomic E-state index is -0.706. The summed E-state index contributed by atoms with van der Waals surface area (Å²) in [7, 11) is 0. The van der Waals surface area contributed by atoms with Gasteiger partial charge in [0.05, 0.1) is 6.20 Å². The molecule has 0 aliphatic carbocycles. The minimum absolute atomic E-state index is 0.0440. The van der Waals surface area contributed by atoms with Crippen LogP contribution in [0.25, 0.3) is 11.0 Å². The van der Waals surface area contributed by atoms with E-state index in [0.717, 1.165) is 0 Å². The van der Waals surface area contributed by atoms with Crippen molar-refractivity contribution in [1.82, 2.24) is 25.1 Å². The van der Waals surface area contributed by atoms with Crippen LogP contribution in [0.4, 0.5) is 0 Å². The Bertz CT molecular complexity index is 478. The van der Waals surface area contributed by atoms with Crippen molar-refractivity contribution in [3.05, 3.63) is 22.9 Å². The minimum Gasteiger partial charge on any atom is -0.407 e. The molecule has 2 rings (SSSR count). The van der Waals surface area contributed by atoms with Crippen molar-refractivity contribution in [1.29, 1.82) is 0 Å².